The first-order valence-electron chi connectivity index (χ1n) is 3.09. The molecule has 1 aromatic rings. The predicted octanol–water partition coefficient (Wildman–Crippen LogP) is -2.32. The van der Waals surface area contributed by atoms with Gasteiger partial charge in [-0.3, -0.25) is 4.98 Å². The molecule has 6 heteroatoms. The second-order valence-corrected chi connectivity index (χ2v) is 2.94. The van der Waals surface area contributed by atoms with Gasteiger partial charge >= 0.3 is 18.9 Å². The molecule has 0 aromatic carbocycles. The minimum absolute atomic E-state index is 0. The smallest absolute Gasteiger partial charge is 0.550 e. The normalized spacial score (nSPS) is 9.08. The maximum Gasteiger partial charge on any atom is 1.00 e. The van der Waals surface area contributed by atoms with Crippen LogP contribution in [0.3, 0.4) is 0 Å². The van der Waals surface area contributed by atoms with Gasteiger partial charge < -0.3 is 9.90 Å². The first-order chi connectivity index (χ1) is 5.61. The van der Waals surface area contributed by atoms with Crippen LogP contribution < -0.4 is 24.0 Å². The number of hydrogen-bond acceptors (Lipinski definition) is 3. The number of carbonyl (C=O) groups is 1. The Morgan fingerprint density at radius 3 is 2.23 bits per heavy atom. The van der Waals surface area contributed by atoms with E-state index in [2.05, 4.69) is 4.98 Å². The summed E-state index contributed by atoms with van der Waals surface area (Å²) in [4.78, 5) is 13.9. The van der Waals surface area contributed by atoms with E-state index in [0.29, 0.717) is 5.56 Å². The number of carboxylic acids is 1. The van der Waals surface area contributed by atoms with E-state index in [1.807, 2.05) is 0 Å². The zero-order valence-electron chi connectivity index (χ0n) is 6.88. The Kier molecular flexibility index (Phi) is 5.43. The van der Waals surface area contributed by atoms with Crippen molar-refractivity contribution < 1.29 is 28.8 Å². The zero-order valence-corrected chi connectivity index (χ0v) is 8.39. The Hall–Kier alpha value is -0.203. The van der Waals surface area contributed by atoms with E-state index < -0.39 is 5.97 Å². The summed E-state index contributed by atoms with van der Waals surface area (Å²) < 4.78 is 0. The number of pyridine rings is 1. The second-order valence-electron chi connectivity index (χ2n) is 2.13. The van der Waals surface area contributed by atoms with Crippen molar-refractivity contribution in [1.82, 2.24) is 4.98 Å². The maximum atomic E-state index is 10.2. The Morgan fingerprint density at radius 2 is 1.85 bits per heavy atom. The molecule has 3 nitrogen and oxygen atoms in total. The third kappa shape index (κ3) is 3.58. The number of rotatable bonds is 2. The van der Waals surface area contributed by atoms with Crippen LogP contribution in [0.1, 0.15) is 5.56 Å². The van der Waals surface area contributed by atoms with E-state index in [9.17, 15) is 9.90 Å². The number of aliphatic carboxylic acids is 1. The van der Waals surface area contributed by atoms with E-state index in [1.54, 1.807) is 0 Å². The van der Waals surface area contributed by atoms with E-state index in [0.717, 1.165) is 0 Å². The van der Waals surface area contributed by atoms with Gasteiger partial charge in [0.1, 0.15) is 0 Å². The summed E-state index contributed by atoms with van der Waals surface area (Å²) in [5.41, 5.74) is 0.341. The van der Waals surface area contributed by atoms with Crippen molar-refractivity contribution in [3.8, 4) is 0 Å². The van der Waals surface area contributed by atoms with Crippen molar-refractivity contribution >= 4 is 29.2 Å². The Bertz CT molecular complexity index is 299. The molecule has 0 fully saturated rings. The molecule has 0 atom stereocenters. The van der Waals surface area contributed by atoms with Crippen molar-refractivity contribution in [3.63, 3.8) is 0 Å². The van der Waals surface area contributed by atoms with Crippen LogP contribution in [0, 0.1) is 0 Å². The summed E-state index contributed by atoms with van der Waals surface area (Å²) in [6.45, 7) is 0. The quantitative estimate of drug-likeness (QED) is 0.517. The van der Waals surface area contributed by atoms with Gasteiger partial charge in [0.2, 0.25) is 0 Å². The van der Waals surface area contributed by atoms with Crippen molar-refractivity contribution in [2.45, 2.75) is 6.42 Å². The molecule has 0 N–H and O–H groups in total. The van der Waals surface area contributed by atoms with Gasteiger partial charge in [0.15, 0.2) is 0 Å². The minimum Gasteiger partial charge on any atom is -0.550 e. The van der Waals surface area contributed by atoms with Crippen molar-refractivity contribution in [3.05, 3.63) is 28.0 Å². The SMILES string of the molecule is O=C([O-])Cc1c(Cl)cncc1Cl.[Li+]. The molecule has 0 amide bonds. The molecular weight excluding hydrogens is 208 g/mol. The van der Waals surface area contributed by atoms with Crippen molar-refractivity contribution in [2.75, 3.05) is 0 Å². The van der Waals surface area contributed by atoms with Crippen LogP contribution in [0.15, 0.2) is 12.4 Å². The summed E-state index contributed by atoms with van der Waals surface area (Å²) in [5, 5.41) is 10.7. The Balaban J connectivity index is 0.00000144. The number of hydrogen-bond donors (Lipinski definition) is 0. The number of halogens is 2. The van der Waals surface area contributed by atoms with Gasteiger partial charge in [-0.05, 0) is 5.56 Å². The molecule has 13 heavy (non-hydrogen) atoms. The molecule has 0 aliphatic heterocycles. The summed E-state index contributed by atoms with van der Waals surface area (Å²) in [7, 11) is 0. The molecule has 0 unspecified atom stereocenters. The van der Waals surface area contributed by atoms with E-state index in [1.165, 1.54) is 12.4 Å². The number of carbonyl (C=O) groups excluding carboxylic acids is 1. The monoisotopic (exact) mass is 211 g/mol. The third-order valence-electron chi connectivity index (χ3n) is 1.27. The molecule has 0 bridgehead atoms. The molecular formula is C7H4Cl2LiNO2. The summed E-state index contributed by atoms with van der Waals surface area (Å²) in [5.74, 6) is -1.22. The average molecular weight is 212 g/mol. The van der Waals surface area contributed by atoms with Crippen LogP contribution in [0.4, 0.5) is 0 Å². The van der Waals surface area contributed by atoms with Gasteiger partial charge in [-0.2, -0.15) is 0 Å². The number of nitrogens with zero attached hydrogens (tertiary/aromatic N) is 1. The zero-order chi connectivity index (χ0) is 9.14. The van der Waals surface area contributed by atoms with Gasteiger partial charge in [-0.1, -0.05) is 23.2 Å². The first-order valence-corrected chi connectivity index (χ1v) is 3.84. The van der Waals surface area contributed by atoms with Gasteiger partial charge in [-0.25, -0.2) is 0 Å². The number of carboxylic acid groups (broad SMARTS) is 1. The van der Waals surface area contributed by atoms with Gasteiger partial charge in [0, 0.05) is 24.8 Å². The minimum atomic E-state index is -1.22. The Labute approximate surface area is 97.2 Å². The summed E-state index contributed by atoms with van der Waals surface area (Å²) >= 11 is 11.3. The standard InChI is InChI=1S/C7H5Cl2NO2.Li/c8-5-2-10-3-6(9)4(5)1-7(11)12;/h2-3H,1H2,(H,11,12);/q;+1/p-1. The summed E-state index contributed by atoms with van der Waals surface area (Å²) in [6.07, 6.45) is 2.39. The topological polar surface area (TPSA) is 53.0 Å². The summed E-state index contributed by atoms with van der Waals surface area (Å²) in [6, 6.07) is 0. The largest absolute Gasteiger partial charge is 1.00 e. The molecule has 1 rings (SSSR count). The van der Waals surface area contributed by atoms with E-state index >= 15 is 0 Å². The van der Waals surface area contributed by atoms with Crippen LogP contribution in [0.25, 0.3) is 0 Å². The van der Waals surface area contributed by atoms with Crippen molar-refractivity contribution in [1.29, 1.82) is 0 Å². The predicted molar refractivity (Wildman–Crippen MR) is 43.0 cm³/mol. The van der Waals surface area contributed by atoms with Crippen LogP contribution >= 0.6 is 23.2 Å². The van der Waals surface area contributed by atoms with Crippen LogP contribution in [-0.2, 0) is 11.2 Å². The molecule has 0 aliphatic carbocycles. The number of aromatic nitrogens is 1. The fraction of sp³-hybridized carbons (Fsp3) is 0.143. The van der Waals surface area contributed by atoms with Crippen LogP contribution in [0.2, 0.25) is 10.0 Å². The fourth-order valence-electron chi connectivity index (χ4n) is 0.751. The molecule has 1 heterocycles. The van der Waals surface area contributed by atoms with Crippen LogP contribution in [-0.4, -0.2) is 11.0 Å². The average Bonchev–Trinajstić information content (AvgIpc) is 1.97. The molecule has 0 spiro atoms. The molecule has 0 saturated carbocycles. The fourth-order valence-corrected chi connectivity index (χ4v) is 1.25. The first kappa shape index (κ1) is 12.8. The van der Waals surface area contributed by atoms with Gasteiger partial charge in [0.25, 0.3) is 0 Å². The van der Waals surface area contributed by atoms with Crippen LogP contribution in [0.5, 0.6) is 0 Å². The van der Waals surface area contributed by atoms with Gasteiger partial charge in [-0.15, -0.1) is 0 Å². The molecule has 0 saturated heterocycles. The van der Waals surface area contributed by atoms with E-state index in [4.69, 9.17) is 23.2 Å². The second kappa shape index (κ2) is 5.51. The molecule has 64 valence electrons. The third-order valence-corrected chi connectivity index (χ3v) is 1.92. The maximum absolute atomic E-state index is 10.2. The molecule has 0 radical (unpaired) electrons. The van der Waals surface area contributed by atoms with Gasteiger partial charge in [0.05, 0.1) is 10.0 Å². The molecule has 1 aromatic heterocycles. The van der Waals surface area contributed by atoms with Crippen molar-refractivity contribution in [2.24, 2.45) is 0 Å². The van der Waals surface area contributed by atoms with E-state index in [-0.39, 0.29) is 35.3 Å². The Morgan fingerprint density at radius 1 is 1.38 bits per heavy atom. The molecule has 0 aliphatic rings.